The van der Waals surface area contributed by atoms with Gasteiger partial charge in [0.25, 0.3) is 5.91 Å². The first-order valence-corrected chi connectivity index (χ1v) is 5.17. The van der Waals surface area contributed by atoms with Gasteiger partial charge in [0.2, 0.25) is 0 Å². The third-order valence-electron chi connectivity index (χ3n) is 1.95. The van der Waals surface area contributed by atoms with Gasteiger partial charge in [0, 0.05) is 6.54 Å². The topological polar surface area (TPSA) is 99.6 Å². The molecular formula is C10H14ClN3O3. The maximum Gasteiger partial charge on any atom is 0.255 e. The summed E-state index contributed by atoms with van der Waals surface area (Å²) in [6, 6.07) is 3.38. The van der Waals surface area contributed by atoms with Crippen LogP contribution in [0.1, 0.15) is 5.56 Å². The normalized spacial score (nSPS) is 10.1. The zero-order valence-corrected chi connectivity index (χ0v) is 10.1. The van der Waals surface area contributed by atoms with Crippen molar-refractivity contribution in [1.82, 2.24) is 5.43 Å². The summed E-state index contributed by atoms with van der Waals surface area (Å²) in [5.74, 6) is 5.33. The number of hydrazine groups is 1. The third-order valence-corrected chi connectivity index (χ3v) is 2.23. The molecule has 0 aromatic heterocycles. The summed E-state index contributed by atoms with van der Waals surface area (Å²) >= 11 is 6.01. The predicted molar refractivity (Wildman–Crippen MR) is 63.7 cm³/mol. The van der Waals surface area contributed by atoms with E-state index in [-0.39, 0.29) is 12.4 Å². The van der Waals surface area contributed by atoms with Gasteiger partial charge in [-0.05, 0) is 17.7 Å². The predicted octanol–water partition coefficient (Wildman–Crippen LogP) is 0.176. The summed E-state index contributed by atoms with van der Waals surface area (Å²) in [5.41, 5.74) is 8.32. The Morgan fingerprint density at radius 3 is 2.76 bits per heavy atom. The Hall–Kier alpha value is -1.50. The summed E-state index contributed by atoms with van der Waals surface area (Å²) in [6.07, 6.45) is 0. The second-order valence-corrected chi connectivity index (χ2v) is 3.65. The molecule has 5 N–H and O–H groups in total. The Morgan fingerprint density at radius 2 is 2.24 bits per heavy atom. The number of carbonyl (C=O) groups excluding carboxylic acids is 1. The summed E-state index contributed by atoms with van der Waals surface area (Å²) < 4.78 is 10.3. The molecule has 0 heterocycles. The van der Waals surface area contributed by atoms with Crippen molar-refractivity contribution in [3.05, 3.63) is 22.7 Å². The van der Waals surface area contributed by atoms with Gasteiger partial charge < -0.3 is 15.2 Å². The van der Waals surface area contributed by atoms with Crippen molar-refractivity contribution in [2.75, 3.05) is 13.7 Å². The fourth-order valence-corrected chi connectivity index (χ4v) is 1.56. The first kappa shape index (κ1) is 13.6. The van der Waals surface area contributed by atoms with Gasteiger partial charge in [-0.15, -0.1) is 0 Å². The molecule has 17 heavy (non-hydrogen) atoms. The maximum absolute atomic E-state index is 10.6. The Bertz CT molecular complexity index is 412. The van der Waals surface area contributed by atoms with E-state index in [0.29, 0.717) is 17.3 Å². The van der Waals surface area contributed by atoms with Gasteiger partial charge >= 0.3 is 0 Å². The average molecular weight is 260 g/mol. The highest BCUT2D eigenvalue weighted by atomic mass is 35.5. The number of primary amides is 1. The van der Waals surface area contributed by atoms with Crippen LogP contribution in [0.2, 0.25) is 5.02 Å². The van der Waals surface area contributed by atoms with Gasteiger partial charge in [-0.3, -0.25) is 16.1 Å². The first-order valence-electron chi connectivity index (χ1n) is 4.79. The van der Waals surface area contributed by atoms with Crippen LogP contribution in [0.5, 0.6) is 11.5 Å². The molecule has 7 heteroatoms. The molecule has 0 aliphatic carbocycles. The lowest BCUT2D eigenvalue weighted by molar-refractivity contribution is -0.119. The van der Waals surface area contributed by atoms with E-state index in [1.165, 1.54) is 7.11 Å². The minimum atomic E-state index is -0.587. The average Bonchev–Trinajstić information content (AvgIpc) is 2.27. The monoisotopic (exact) mass is 259 g/mol. The quantitative estimate of drug-likeness (QED) is 0.500. The Kier molecular flexibility index (Phi) is 5.02. The molecule has 1 rings (SSSR count). The van der Waals surface area contributed by atoms with Crippen LogP contribution in [-0.4, -0.2) is 19.6 Å². The van der Waals surface area contributed by atoms with Crippen molar-refractivity contribution in [3.63, 3.8) is 0 Å². The van der Waals surface area contributed by atoms with Crippen LogP contribution in [0.4, 0.5) is 0 Å². The molecule has 0 fully saturated rings. The molecule has 0 aliphatic heterocycles. The van der Waals surface area contributed by atoms with Gasteiger partial charge in [0.1, 0.15) is 0 Å². The number of halogens is 1. The number of carbonyl (C=O) groups is 1. The van der Waals surface area contributed by atoms with E-state index in [1.807, 2.05) is 0 Å². The number of nitrogens with two attached hydrogens (primary N) is 2. The fraction of sp³-hybridized carbons (Fsp3) is 0.300. The SMILES string of the molecule is COc1cc(CNN)cc(Cl)c1OCC(N)=O. The van der Waals surface area contributed by atoms with Crippen molar-refractivity contribution >= 4 is 17.5 Å². The van der Waals surface area contributed by atoms with Gasteiger partial charge in [-0.25, -0.2) is 0 Å². The van der Waals surface area contributed by atoms with Gasteiger partial charge in [-0.2, -0.15) is 0 Å². The number of benzene rings is 1. The number of nitrogens with one attached hydrogen (secondary N) is 1. The van der Waals surface area contributed by atoms with Gasteiger partial charge in [0.05, 0.1) is 12.1 Å². The number of methoxy groups -OCH3 is 1. The number of hydrogen-bond acceptors (Lipinski definition) is 5. The second-order valence-electron chi connectivity index (χ2n) is 3.24. The lowest BCUT2D eigenvalue weighted by Crippen LogP contribution is -2.21. The van der Waals surface area contributed by atoms with Crippen LogP contribution in [0, 0.1) is 0 Å². The van der Waals surface area contributed by atoms with Crippen molar-refractivity contribution in [2.45, 2.75) is 6.54 Å². The fourth-order valence-electron chi connectivity index (χ4n) is 1.28. The highest BCUT2D eigenvalue weighted by Gasteiger charge is 2.12. The van der Waals surface area contributed by atoms with E-state index in [1.54, 1.807) is 12.1 Å². The molecule has 0 bridgehead atoms. The molecule has 1 aromatic rings. The molecule has 0 saturated carbocycles. The Morgan fingerprint density at radius 1 is 1.53 bits per heavy atom. The van der Waals surface area contributed by atoms with Crippen molar-refractivity contribution in [1.29, 1.82) is 0 Å². The van der Waals surface area contributed by atoms with Crippen molar-refractivity contribution in [3.8, 4) is 11.5 Å². The number of hydrogen-bond donors (Lipinski definition) is 3. The Labute approximate surface area is 104 Å². The molecule has 0 spiro atoms. The number of amides is 1. The minimum Gasteiger partial charge on any atom is -0.493 e. The zero-order chi connectivity index (χ0) is 12.8. The molecular weight excluding hydrogens is 246 g/mol. The highest BCUT2D eigenvalue weighted by Crippen LogP contribution is 2.36. The van der Waals surface area contributed by atoms with Crippen molar-refractivity contribution < 1.29 is 14.3 Å². The molecule has 0 radical (unpaired) electrons. The largest absolute Gasteiger partial charge is 0.493 e. The van der Waals surface area contributed by atoms with Crippen LogP contribution in [0.15, 0.2) is 12.1 Å². The molecule has 6 nitrogen and oxygen atoms in total. The van der Waals surface area contributed by atoms with E-state index in [9.17, 15) is 4.79 Å². The molecule has 94 valence electrons. The van der Waals surface area contributed by atoms with E-state index in [4.69, 9.17) is 32.7 Å². The van der Waals surface area contributed by atoms with E-state index in [0.717, 1.165) is 5.56 Å². The van der Waals surface area contributed by atoms with Crippen LogP contribution >= 0.6 is 11.6 Å². The Balaban J connectivity index is 2.98. The molecule has 0 unspecified atom stereocenters. The van der Waals surface area contributed by atoms with Gasteiger partial charge in [-0.1, -0.05) is 11.6 Å². The van der Waals surface area contributed by atoms with E-state index < -0.39 is 5.91 Å². The van der Waals surface area contributed by atoms with E-state index >= 15 is 0 Å². The highest BCUT2D eigenvalue weighted by molar-refractivity contribution is 6.32. The molecule has 0 aliphatic rings. The molecule has 0 saturated heterocycles. The lowest BCUT2D eigenvalue weighted by Gasteiger charge is -2.13. The van der Waals surface area contributed by atoms with E-state index in [2.05, 4.69) is 5.43 Å². The first-order chi connectivity index (χ1) is 8.08. The summed E-state index contributed by atoms with van der Waals surface area (Å²) in [7, 11) is 1.47. The van der Waals surface area contributed by atoms with Crippen LogP contribution in [0.3, 0.4) is 0 Å². The zero-order valence-electron chi connectivity index (χ0n) is 9.33. The molecule has 1 aromatic carbocycles. The standard InChI is InChI=1S/C10H14ClN3O3/c1-16-8-3-6(4-14-13)2-7(11)10(8)17-5-9(12)15/h2-3,14H,4-5,13H2,1H3,(H2,12,15). The van der Waals surface area contributed by atoms with Gasteiger partial charge in [0.15, 0.2) is 18.1 Å². The second kappa shape index (κ2) is 6.29. The van der Waals surface area contributed by atoms with Crippen LogP contribution < -0.4 is 26.5 Å². The molecule has 1 amide bonds. The van der Waals surface area contributed by atoms with Crippen LogP contribution in [-0.2, 0) is 11.3 Å². The number of ether oxygens (including phenoxy) is 2. The third kappa shape index (κ3) is 3.77. The lowest BCUT2D eigenvalue weighted by atomic mass is 10.2. The van der Waals surface area contributed by atoms with Crippen LogP contribution in [0.25, 0.3) is 0 Å². The summed E-state index contributed by atoms with van der Waals surface area (Å²) in [5, 5.41) is 0.329. The minimum absolute atomic E-state index is 0.259. The number of rotatable bonds is 6. The summed E-state index contributed by atoms with van der Waals surface area (Å²) in [6.45, 7) is 0.177. The molecule has 0 atom stereocenters. The smallest absolute Gasteiger partial charge is 0.255 e. The van der Waals surface area contributed by atoms with Crippen molar-refractivity contribution in [2.24, 2.45) is 11.6 Å². The summed E-state index contributed by atoms with van der Waals surface area (Å²) in [4.78, 5) is 10.6. The maximum atomic E-state index is 10.6.